The third-order valence-electron chi connectivity index (χ3n) is 10.7. The van der Waals surface area contributed by atoms with Gasteiger partial charge in [-0.05, 0) is 85.4 Å². The Morgan fingerprint density at radius 3 is 2.50 bits per heavy atom. The van der Waals surface area contributed by atoms with Gasteiger partial charge in [-0.3, -0.25) is 4.79 Å². The maximum absolute atomic E-state index is 11.5. The molecule has 1 heterocycles. The molecule has 1 N–H and O–H groups in total. The lowest BCUT2D eigenvalue weighted by Crippen LogP contribution is -2.59. The second kappa shape index (κ2) is 8.51. The molecule has 0 bridgehead atoms. The summed E-state index contributed by atoms with van der Waals surface area (Å²) in [4.78, 5) is 11.5. The van der Waals surface area contributed by atoms with Crippen molar-refractivity contribution < 1.29 is 28.8 Å². The SMILES string of the molecule is COCOC1CCC2C3C(CCC12C)C1(C)CCC2(CC1C[C@H]3CCC(=O)O)OCCO2. The van der Waals surface area contributed by atoms with Crippen LogP contribution in [0.3, 0.4) is 0 Å². The number of rotatable bonds is 6. The molecule has 1 saturated heterocycles. The van der Waals surface area contributed by atoms with Crippen LogP contribution in [0.15, 0.2) is 0 Å². The van der Waals surface area contributed by atoms with Crippen LogP contribution in [0.4, 0.5) is 0 Å². The number of aliphatic carboxylic acids is 1. The Hall–Kier alpha value is -0.690. The van der Waals surface area contributed by atoms with Gasteiger partial charge in [0.2, 0.25) is 0 Å². The van der Waals surface area contributed by atoms with Crippen molar-refractivity contribution in [1.82, 2.24) is 0 Å². The molecule has 0 aromatic heterocycles. The Morgan fingerprint density at radius 2 is 1.78 bits per heavy atom. The zero-order valence-corrected chi connectivity index (χ0v) is 20.1. The number of carbonyl (C=O) groups is 1. The van der Waals surface area contributed by atoms with Crippen molar-refractivity contribution in [3.05, 3.63) is 0 Å². The second-order valence-corrected chi connectivity index (χ2v) is 11.9. The maximum atomic E-state index is 11.5. The summed E-state index contributed by atoms with van der Waals surface area (Å²) < 4.78 is 23.7. The van der Waals surface area contributed by atoms with Gasteiger partial charge in [-0.15, -0.1) is 0 Å². The summed E-state index contributed by atoms with van der Waals surface area (Å²) in [6.07, 6.45) is 10.4. The first kappa shape index (κ1) is 23.1. The largest absolute Gasteiger partial charge is 0.481 e. The molecule has 0 radical (unpaired) electrons. The molecule has 182 valence electrons. The lowest BCUT2D eigenvalue weighted by atomic mass is 9.42. The summed E-state index contributed by atoms with van der Waals surface area (Å²) in [5.41, 5.74) is 0.482. The Bertz CT molecular complexity index is 704. The van der Waals surface area contributed by atoms with Gasteiger partial charge in [0.05, 0.1) is 19.3 Å². The van der Waals surface area contributed by atoms with E-state index in [2.05, 4.69) is 13.8 Å². The van der Waals surface area contributed by atoms with Gasteiger partial charge < -0.3 is 24.1 Å². The smallest absolute Gasteiger partial charge is 0.303 e. The van der Waals surface area contributed by atoms with E-state index in [-0.39, 0.29) is 23.7 Å². The van der Waals surface area contributed by atoms with Crippen molar-refractivity contribution in [2.75, 3.05) is 27.1 Å². The lowest BCUT2D eigenvalue weighted by Gasteiger charge is -2.64. The molecule has 5 rings (SSSR count). The second-order valence-electron chi connectivity index (χ2n) is 11.9. The third-order valence-corrected chi connectivity index (χ3v) is 10.7. The van der Waals surface area contributed by atoms with E-state index in [1.165, 1.54) is 19.3 Å². The third kappa shape index (κ3) is 3.64. The van der Waals surface area contributed by atoms with Crippen molar-refractivity contribution in [3.8, 4) is 0 Å². The molecule has 0 amide bonds. The Kier molecular flexibility index (Phi) is 6.14. The van der Waals surface area contributed by atoms with Gasteiger partial charge in [-0.2, -0.15) is 0 Å². The van der Waals surface area contributed by atoms with Crippen molar-refractivity contribution in [2.45, 2.75) is 89.9 Å². The average molecular weight is 451 g/mol. The highest BCUT2D eigenvalue weighted by Crippen LogP contribution is 2.69. The lowest BCUT2D eigenvalue weighted by molar-refractivity contribution is -0.239. The number of hydrogen-bond acceptors (Lipinski definition) is 5. The van der Waals surface area contributed by atoms with E-state index in [0.717, 1.165) is 38.5 Å². The molecule has 7 unspecified atom stereocenters. The summed E-state index contributed by atoms with van der Waals surface area (Å²) in [7, 11) is 1.70. The van der Waals surface area contributed by atoms with Crippen LogP contribution in [0.5, 0.6) is 0 Å². The zero-order valence-electron chi connectivity index (χ0n) is 20.1. The normalized spacial score (nSPS) is 47.1. The molecule has 0 aromatic rings. The highest BCUT2D eigenvalue weighted by Gasteiger charge is 2.64. The molecular formula is C26H42O6. The van der Waals surface area contributed by atoms with E-state index in [0.29, 0.717) is 55.0 Å². The summed E-state index contributed by atoms with van der Waals surface area (Å²) in [6.45, 7) is 6.77. The first-order valence-electron chi connectivity index (χ1n) is 12.9. The molecule has 0 aromatic carbocycles. The minimum atomic E-state index is -0.663. The van der Waals surface area contributed by atoms with E-state index in [4.69, 9.17) is 18.9 Å². The van der Waals surface area contributed by atoms with Gasteiger partial charge in [-0.1, -0.05) is 13.8 Å². The summed E-state index contributed by atoms with van der Waals surface area (Å²) in [5.74, 6) is 1.88. The van der Waals surface area contributed by atoms with E-state index in [9.17, 15) is 9.90 Å². The van der Waals surface area contributed by atoms with Gasteiger partial charge in [0.1, 0.15) is 6.79 Å². The minimum absolute atomic E-state index is 0.179. The van der Waals surface area contributed by atoms with Gasteiger partial charge in [0.15, 0.2) is 5.79 Å². The molecule has 6 heteroatoms. The number of carboxylic acids is 1. The molecule has 6 nitrogen and oxygen atoms in total. The topological polar surface area (TPSA) is 74.2 Å². The van der Waals surface area contributed by atoms with Crippen LogP contribution in [0.1, 0.15) is 78.1 Å². The van der Waals surface area contributed by atoms with E-state index in [1.807, 2.05) is 0 Å². The highest BCUT2D eigenvalue weighted by molar-refractivity contribution is 5.66. The maximum Gasteiger partial charge on any atom is 0.303 e. The number of ether oxygens (including phenoxy) is 4. The fourth-order valence-corrected chi connectivity index (χ4v) is 9.11. The van der Waals surface area contributed by atoms with Crippen LogP contribution in [0, 0.1) is 40.4 Å². The number of hydrogen-bond donors (Lipinski definition) is 1. The highest BCUT2D eigenvalue weighted by atomic mass is 16.7. The molecule has 8 atom stereocenters. The quantitative estimate of drug-likeness (QED) is 0.583. The predicted octanol–water partition coefficient (Wildman–Crippen LogP) is 4.85. The predicted molar refractivity (Wildman–Crippen MR) is 119 cm³/mol. The Balaban J connectivity index is 1.43. The van der Waals surface area contributed by atoms with Gasteiger partial charge in [0, 0.05) is 26.4 Å². The molecule has 4 saturated carbocycles. The summed E-state index contributed by atoms with van der Waals surface area (Å²) in [5, 5.41) is 9.49. The number of fused-ring (bicyclic) bond motifs is 5. The van der Waals surface area contributed by atoms with Crippen LogP contribution in [-0.4, -0.2) is 50.1 Å². The van der Waals surface area contributed by atoms with Crippen molar-refractivity contribution in [2.24, 2.45) is 40.4 Å². The summed E-state index contributed by atoms with van der Waals surface area (Å²) in [6, 6.07) is 0. The van der Waals surface area contributed by atoms with Gasteiger partial charge in [-0.25, -0.2) is 0 Å². The monoisotopic (exact) mass is 450 g/mol. The molecule has 1 spiro atoms. The van der Waals surface area contributed by atoms with Crippen LogP contribution in [-0.2, 0) is 23.7 Å². The number of carboxylic acid groups (broad SMARTS) is 1. The molecule has 1 aliphatic heterocycles. The number of methoxy groups -OCH3 is 1. The average Bonchev–Trinajstić information content (AvgIpc) is 3.35. The van der Waals surface area contributed by atoms with E-state index < -0.39 is 5.97 Å². The standard InChI is InChI=1S/C26H42O6/c1-24-10-11-26(31-12-13-32-26)15-18(24)14-17(4-7-22(27)28)23-19-5-6-21(30-16-29-3)25(19,2)9-8-20(23)24/h17-21,23H,4-16H2,1-3H3,(H,27,28)/t17-,18?,19?,20?,21?,23?,24?,25?/m1/s1. The first-order valence-corrected chi connectivity index (χ1v) is 12.9. The fourth-order valence-electron chi connectivity index (χ4n) is 9.11. The van der Waals surface area contributed by atoms with Crippen LogP contribution < -0.4 is 0 Å². The Morgan fingerprint density at radius 1 is 1.03 bits per heavy atom. The molecule has 5 fully saturated rings. The van der Waals surface area contributed by atoms with Crippen LogP contribution >= 0.6 is 0 Å². The van der Waals surface area contributed by atoms with Crippen LogP contribution in [0.25, 0.3) is 0 Å². The van der Waals surface area contributed by atoms with E-state index >= 15 is 0 Å². The van der Waals surface area contributed by atoms with Crippen molar-refractivity contribution in [1.29, 1.82) is 0 Å². The first-order chi connectivity index (χ1) is 15.3. The van der Waals surface area contributed by atoms with E-state index in [1.54, 1.807) is 7.11 Å². The van der Waals surface area contributed by atoms with Gasteiger partial charge >= 0.3 is 5.97 Å². The molecule has 5 aliphatic rings. The minimum Gasteiger partial charge on any atom is -0.481 e. The zero-order chi connectivity index (χ0) is 22.6. The van der Waals surface area contributed by atoms with Crippen molar-refractivity contribution >= 4 is 5.97 Å². The molecular weight excluding hydrogens is 408 g/mol. The fraction of sp³-hybridized carbons (Fsp3) is 0.962. The Labute approximate surface area is 192 Å². The van der Waals surface area contributed by atoms with Crippen LogP contribution in [0.2, 0.25) is 0 Å². The summed E-state index contributed by atoms with van der Waals surface area (Å²) >= 11 is 0. The molecule has 4 aliphatic carbocycles. The molecule has 32 heavy (non-hydrogen) atoms. The van der Waals surface area contributed by atoms with Gasteiger partial charge in [0.25, 0.3) is 0 Å². The van der Waals surface area contributed by atoms with Crippen molar-refractivity contribution in [3.63, 3.8) is 0 Å².